The molecule has 3 nitrogen and oxygen atoms in total. The highest BCUT2D eigenvalue weighted by Gasteiger charge is 2.21. The van der Waals surface area contributed by atoms with E-state index in [1.165, 1.54) is 11.1 Å². The Hall–Kier alpha value is -1.48. The third-order valence-corrected chi connectivity index (χ3v) is 3.68. The van der Waals surface area contributed by atoms with Crippen LogP contribution in [-0.4, -0.2) is 41.6 Å². The summed E-state index contributed by atoms with van der Waals surface area (Å²) >= 11 is 0. The van der Waals surface area contributed by atoms with E-state index in [2.05, 4.69) is 68.3 Å². The Labute approximate surface area is 129 Å². The van der Waals surface area contributed by atoms with Crippen LogP contribution < -0.4 is 0 Å². The summed E-state index contributed by atoms with van der Waals surface area (Å²) < 4.78 is 5.86. The van der Waals surface area contributed by atoms with Crippen molar-refractivity contribution < 1.29 is 4.74 Å². The van der Waals surface area contributed by atoms with Gasteiger partial charge in [0.1, 0.15) is 5.60 Å². The Morgan fingerprint density at radius 3 is 2.19 bits per heavy atom. The van der Waals surface area contributed by atoms with Crippen LogP contribution in [0.1, 0.15) is 31.9 Å². The van der Waals surface area contributed by atoms with E-state index in [0.717, 1.165) is 38.6 Å². The topological polar surface area (TPSA) is 15.7 Å². The van der Waals surface area contributed by atoms with Crippen LogP contribution in [0.5, 0.6) is 0 Å². The zero-order chi connectivity index (χ0) is 15.5. The van der Waals surface area contributed by atoms with E-state index in [4.69, 9.17) is 4.74 Å². The molecule has 0 saturated carbocycles. The Kier molecular flexibility index (Phi) is 4.94. The molecular formula is C18H28N2O. The Morgan fingerprint density at radius 1 is 1.10 bits per heavy atom. The molecule has 0 amide bonds. The second-order valence-corrected chi connectivity index (χ2v) is 6.86. The second-order valence-electron chi connectivity index (χ2n) is 6.86. The summed E-state index contributed by atoms with van der Waals surface area (Å²) in [5, 5.41) is 0. The van der Waals surface area contributed by atoms with Crippen molar-refractivity contribution in [1.29, 1.82) is 0 Å². The first-order valence-corrected chi connectivity index (χ1v) is 7.74. The van der Waals surface area contributed by atoms with Crippen molar-refractivity contribution in [2.45, 2.75) is 39.8 Å². The number of rotatable bonds is 4. The van der Waals surface area contributed by atoms with Gasteiger partial charge >= 0.3 is 0 Å². The van der Waals surface area contributed by atoms with Gasteiger partial charge in [0, 0.05) is 32.7 Å². The van der Waals surface area contributed by atoms with Crippen molar-refractivity contribution in [3.63, 3.8) is 0 Å². The number of hydrogen-bond donors (Lipinski definition) is 0. The van der Waals surface area contributed by atoms with Crippen LogP contribution in [0.15, 0.2) is 36.7 Å². The minimum Gasteiger partial charge on any atom is -0.474 e. The van der Waals surface area contributed by atoms with Gasteiger partial charge in [0.25, 0.3) is 0 Å². The smallest absolute Gasteiger partial charge is 0.182 e. The number of ether oxygens (including phenoxy) is 1. The van der Waals surface area contributed by atoms with Crippen LogP contribution in [0.25, 0.3) is 0 Å². The number of piperazine rings is 1. The van der Waals surface area contributed by atoms with Gasteiger partial charge in [0.15, 0.2) is 5.88 Å². The maximum absolute atomic E-state index is 5.86. The van der Waals surface area contributed by atoms with Crippen LogP contribution in [0.2, 0.25) is 0 Å². The molecule has 1 aliphatic heterocycles. The predicted octanol–water partition coefficient (Wildman–Crippen LogP) is 3.40. The maximum Gasteiger partial charge on any atom is 0.182 e. The standard InChI is InChI=1S/C18H28N2O/c1-15-6-8-17(9-7-15)14-19-10-12-20(13-11-19)16(2)21-18(3,4)5/h6-9H,2,10-14H2,1,3-5H3. The quantitative estimate of drug-likeness (QED) is 0.790. The van der Waals surface area contributed by atoms with Crippen LogP contribution in [0, 0.1) is 6.92 Å². The molecule has 1 aliphatic rings. The lowest BCUT2D eigenvalue weighted by Gasteiger charge is -2.38. The lowest BCUT2D eigenvalue weighted by molar-refractivity contribution is -0.0103. The largest absolute Gasteiger partial charge is 0.474 e. The molecule has 0 atom stereocenters. The monoisotopic (exact) mass is 288 g/mol. The third kappa shape index (κ3) is 5.09. The van der Waals surface area contributed by atoms with Crippen molar-refractivity contribution in [1.82, 2.24) is 9.80 Å². The van der Waals surface area contributed by atoms with Gasteiger partial charge in [-0.25, -0.2) is 0 Å². The highest BCUT2D eigenvalue weighted by atomic mass is 16.5. The molecule has 3 heteroatoms. The van der Waals surface area contributed by atoms with Crippen LogP contribution >= 0.6 is 0 Å². The van der Waals surface area contributed by atoms with Crippen molar-refractivity contribution >= 4 is 0 Å². The van der Waals surface area contributed by atoms with Gasteiger partial charge in [0.05, 0.1) is 0 Å². The fraction of sp³-hybridized carbons (Fsp3) is 0.556. The fourth-order valence-electron chi connectivity index (χ4n) is 2.53. The zero-order valence-corrected chi connectivity index (χ0v) is 13.9. The van der Waals surface area contributed by atoms with Gasteiger partial charge in [-0.05, 0) is 39.8 Å². The molecule has 1 aromatic carbocycles. The number of hydrogen-bond acceptors (Lipinski definition) is 3. The van der Waals surface area contributed by atoms with E-state index >= 15 is 0 Å². The Balaban J connectivity index is 1.80. The van der Waals surface area contributed by atoms with Gasteiger partial charge in [-0.2, -0.15) is 0 Å². The molecule has 0 aliphatic carbocycles. The summed E-state index contributed by atoms with van der Waals surface area (Å²) in [6, 6.07) is 8.82. The number of benzene rings is 1. The third-order valence-electron chi connectivity index (χ3n) is 3.68. The lowest BCUT2D eigenvalue weighted by atomic mass is 10.1. The minimum absolute atomic E-state index is 0.171. The SMILES string of the molecule is C=C(OC(C)(C)C)N1CCN(Cc2ccc(C)cc2)CC1. The summed E-state index contributed by atoms with van der Waals surface area (Å²) in [6.07, 6.45) is 0. The van der Waals surface area contributed by atoms with Crippen molar-refractivity contribution in [2.75, 3.05) is 26.2 Å². The number of aryl methyl sites for hydroxylation is 1. The molecule has 0 spiro atoms. The van der Waals surface area contributed by atoms with Crippen molar-refractivity contribution in [2.24, 2.45) is 0 Å². The molecule has 0 radical (unpaired) electrons. The molecule has 116 valence electrons. The first-order chi connectivity index (χ1) is 9.83. The van der Waals surface area contributed by atoms with E-state index < -0.39 is 0 Å². The highest BCUT2D eigenvalue weighted by Crippen LogP contribution is 2.18. The molecule has 1 aromatic rings. The van der Waals surface area contributed by atoms with Crippen LogP contribution in [-0.2, 0) is 11.3 Å². The van der Waals surface area contributed by atoms with Crippen molar-refractivity contribution in [3.05, 3.63) is 47.9 Å². The van der Waals surface area contributed by atoms with E-state index in [-0.39, 0.29) is 5.60 Å². The van der Waals surface area contributed by atoms with Gasteiger partial charge < -0.3 is 9.64 Å². The zero-order valence-electron chi connectivity index (χ0n) is 13.9. The molecule has 0 N–H and O–H groups in total. The highest BCUT2D eigenvalue weighted by molar-refractivity contribution is 5.21. The maximum atomic E-state index is 5.86. The first-order valence-electron chi connectivity index (χ1n) is 7.74. The summed E-state index contributed by atoms with van der Waals surface area (Å²) in [4.78, 5) is 4.74. The Bertz CT molecular complexity index is 465. The Morgan fingerprint density at radius 2 is 1.67 bits per heavy atom. The summed E-state index contributed by atoms with van der Waals surface area (Å²) in [6.45, 7) is 17.5. The summed E-state index contributed by atoms with van der Waals surface area (Å²) in [5.41, 5.74) is 2.54. The molecule has 1 heterocycles. The average Bonchev–Trinajstić information content (AvgIpc) is 2.40. The molecule has 21 heavy (non-hydrogen) atoms. The van der Waals surface area contributed by atoms with Crippen LogP contribution in [0.4, 0.5) is 0 Å². The molecule has 0 bridgehead atoms. The average molecular weight is 288 g/mol. The van der Waals surface area contributed by atoms with Gasteiger partial charge in [-0.3, -0.25) is 4.90 Å². The lowest BCUT2D eigenvalue weighted by Crippen LogP contribution is -2.46. The first kappa shape index (κ1) is 15.9. The number of nitrogens with zero attached hydrogens (tertiary/aromatic N) is 2. The molecule has 1 saturated heterocycles. The fourth-order valence-corrected chi connectivity index (χ4v) is 2.53. The summed E-state index contributed by atoms with van der Waals surface area (Å²) in [7, 11) is 0. The van der Waals surface area contributed by atoms with Gasteiger partial charge in [-0.1, -0.05) is 29.8 Å². The molecular weight excluding hydrogens is 260 g/mol. The van der Waals surface area contributed by atoms with E-state index in [9.17, 15) is 0 Å². The second kappa shape index (κ2) is 6.52. The van der Waals surface area contributed by atoms with E-state index in [1.807, 2.05) is 0 Å². The molecule has 1 fully saturated rings. The molecule has 0 unspecified atom stereocenters. The predicted molar refractivity (Wildman–Crippen MR) is 88.0 cm³/mol. The minimum atomic E-state index is -0.171. The summed E-state index contributed by atoms with van der Waals surface area (Å²) in [5.74, 6) is 0.803. The van der Waals surface area contributed by atoms with E-state index in [1.54, 1.807) is 0 Å². The van der Waals surface area contributed by atoms with Crippen LogP contribution in [0.3, 0.4) is 0 Å². The van der Waals surface area contributed by atoms with Gasteiger partial charge in [0.2, 0.25) is 0 Å². The molecule has 2 rings (SSSR count). The van der Waals surface area contributed by atoms with Gasteiger partial charge in [-0.15, -0.1) is 0 Å². The normalized spacial score (nSPS) is 16.9. The molecule has 0 aromatic heterocycles. The van der Waals surface area contributed by atoms with E-state index in [0.29, 0.717) is 0 Å². The van der Waals surface area contributed by atoms with Crippen molar-refractivity contribution in [3.8, 4) is 0 Å².